The number of hydrogen-bond acceptors (Lipinski definition) is 6. The predicted octanol–water partition coefficient (Wildman–Crippen LogP) is 0.819. The van der Waals surface area contributed by atoms with Crippen LogP contribution in [0.15, 0.2) is 30.3 Å². The van der Waals surface area contributed by atoms with E-state index in [0.29, 0.717) is 6.54 Å². The molecule has 0 fully saturated rings. The molecule has 0 aliphatic carbocycles. The van der Waals surface area contributed by atoms with Gasteiger partial charge >= 0.3 is 12.0 Å². The van der Waals surface area contributed by atoms with E-state index in [-0.39, 0.29) is 17.8 Å². The molecule has 0 atom stereocenters. The molecule has 0 spiro atoms. The summed E-state index contributed by atoms with van der Waals surface area (Å²) in [6, 6.07) is 9.59. The highest BCUT2D eigenvalue weighted by Crippen LogP contribution is 2.08. The Morgan fingerprint density at radius 1 is 1.05 bits per heavy atom. The lowest BCUT2D eigenvalue weighted by atomic mass is 10.2. The smallest absolute Gasteiger partial charge is 0.323 e. The van der Waals surface area contributed by atoms with Crippen LogP contribution in [0.2, 0.25) is 0 Å². The third kappa shape index (κ3) is 3.41. The number of nitrogens with zero attached hydrogens (tertiary/aromatic N) is 3. The highest BCUT2D eigenvalue weighted by molar-refractivity contribution is 5.90. The largest absolute Gasteiger partial charge is 0.467 e. The molecule has 104 valence electrons. The highest BCUT2D eigenvalue weighted by atomic mass is 16.5. The Morgan fingerprint density at radius 3 is 2.20 bits per heavy atom. The summed E-state index contributed by atoms with van der Waals surface area (Å²) in [6.07, 6.45) is 0. The number of ether oxygens (including phenoxy) is 2. The van der Waals surface area contributed by atoms with E-state index in [9.17, 15) is 4.79 Å². The molecule has 0 aliphatic heterocycles. The van der Waals surface area contributed by atoms with Crippen LogP contribution in [0.3, 0.4) is 0 Å². The minimum absolute atomic E-state index is 0.0294. The van der Waals surface area contributed by atoms with Crippen LogP contribution < -0.4 is 14.8 Å². The van der Waals surface area contributed by atoms with Crippen molar-refractivity contribution in [2.24, 2.45) is 0 Å². The van der Waals surface area contributed by atoms with Gasteiger partial charge in [0.15, 0.2) is 0 Å². The van der Waals surface area contributed by atoms with Gasteiger partial charge in [0.25, 0.3) is 5.91 Å². The van der Waals surface area contributed by atoms with E-state index in [1.807, 2.05) is 30.3 Å². The molecule has 1 heterocycles. The summed E-state index contributed by atoms with van der Waals surface area (Å²) in [5.41, 5.74) is 0.980. The Hall–Kier alpha value is -2.70. The van der Waals surface area contributed by atoms with Gasteiger partial charge in [-0.05, 0) is 5.56 Å². The van der Waals surface area contributed by atoms with E-state index in [1.54, 1.807) is 0 Å². The third-order valence-corrected chi connectivity index (χ3v) is 2.46. The molecule has 0 radical (unpaired) electrons. The maximum atomic E-state index is 12.0. The summed E-state index contributed by atoms with van der Waals surface area (Å²) in [5.74, 6) is -0.475. The van der Waals surface area contributed by atoms with E-state index in [4.69, 9.17) is 9.47 Å². The molecule has 2 aromatic rings. The van der Waals surface area contributed by atoms with Crippen LogP contribution >= 0.6 is 0 Å². The fourth-order valence-corrected chi connectivity index (χ4v) is 1.48. The molecule has 0 unspecified atom stereocenters. The summed E-state index contributed by atoms with van der Waals surface area (Å²) >= 11 is 0. The Balaban J connectivity index is 2.08. The second-order valence-electron chi connectivity index (χ2n) is 3.80. The van der Waals surface area contributed by atoms with Crippen molar-refractivity contribution in [2.45, 2.75) is 6.54 Å². The van der Waals surface area contributed by atoms with Gasteiger partial charge in [-0.15, -0.1) is 4.98 Å². The lowest BCUT2D eigenvalue weighted by Crippen LogP contribution is -2.25. The Kier molecular flexibility index (Phi) is 4.43. The van der Waals surface area contributed by atoms with E-state index in [0.717, 1.165) is 5.56 Å². The average molecular weight is 274 g/mol. The van der Waals surface area contributed by atoms with Crippen molar-refractivity contribution in [1.82, 2.24) is 20.3 Å². The molecule has 7 nitrogen and oxygen atoms in total. The van der Waals surface area contributed by atoms with Gasteiger partial charge in [0.1, 0.15) is 0 Å². The number of methoxy groups -OCH3 is 2. The number of rotatable bonds is 5. The van der Waals surface area contributed by atoms with Crippen LogP contribution in [0.5, 0.6) is 12.0 Å². The number of nitrogens with one attached hydrogen (secondary N) is 1. The van der Waals surface area contributed by atoms with Crippen molar-refractivity contribution >= 4 is 5.91 Å². The first kappa shape index (κ1) is 13.7. The zero-order chi connectivity index (χ0) is 14.4. The Labute approximate surface area is 116 Å². The molecule has 1 N–H and O–H groups in total. The molecule has 0 saturated heterocycles. The molecule has 0 aliphatic rings. The lowest BCUT2D eigenvalue weighted by molar-refractivity contribution is 0.0937. The SMILES string of the molecule is COc1nc(OC)nc(C(=O)NCc2ccccc2)n1. The van der Waals surface area contributed by atoms with Crippen molar-refractivity contribution < 1.29 is 14.3 Å². The lowest BCUT2D eigenvalue weighted by Gasteiger charge is -2.06. The molecule has 1 aromatic heterocycles. The van der Waals surface area contributed by atoms with Gasteiger partial charge in [0, 0.05) is 6.54 Å². The molecule has 1 aromatic carbocycles. The summed E-state index contributed by atoms with van der Waals surface area (Å²) in [5, 5.41) is 2.72. The average Bonchev–Trinajstić information content (AvgIpc) is 2.52. The van der Waals surface area contributed by atoms with Gasteiger partial charge < -0.3 is 14.8 Å². The first-order valence-corrected chi connectivity index (χ1v) is 5.89. The van der Waals surface area contributed by atoms with Crippen molar-refractivity contribution in [3.05, 3.63) is 41.7 Å². The van der Waals surface area contributed by atoms with Gasteiger partial charge in [0.05, 0.1) is 14.2 Å². The van der Waals surface area contributed by atoms with Gasteiger partial charge in [-0.3, -0.25) is 4.79 Å². The standard InChI is InChI=1S/C13H14N4O3/c1-19-12-15-10(16-13(17-12)20-2)11(18)14-8-9-6-4-3-5-7-9/h3-7H,8H2,1-2H3,(H,14,18). The number of aromatic nitrogens is 3. The van der Waals surface area contributed by atoms with Crippen LogP contribution in [0, 0.1) is 0 Å². The predicted molar refractivity (Wildman–Crippen MR) is 70.5 cm³/mol. The topological polar surface area (TPSA) is 86.2 Å². The number of carbonyl (C=O) groups is 1. The first-order chi connectivity index (χ1) is 9.72. The van der Waals surface area contributed by atoms with E-state index >= 15 is 0 Å². The summed E-state index contributed by atoms with van der Waals surface area (Å²) in [7, 11) is 2.81. The van der Waals surface area contributed by atoms with E-state index < -0.39 is 5.91 Å². The monoisotopic (exact) mass is 274 g/mol. The second kappa shape index (κ2) is 6.46. The third-order valence-electron chi connectivity index (χ3n) is 2.46. The molecular formula is C13H14N4O3. The maximum absolute atomic E-state index is 12.0. The van der Waals surface area contributed by atoms with E-state index in [1.165, 1.54) is 14.2 Å². The fraction of sp³-hybridized carbons (Fsp3) is 0.231. The van der Waals surface area contributed by atoms with Gasteiger partial charge in [-0.25, -0.2) is 0 Å². The molecule has 0 bridgehead atoms. The van der Waals surface area contributed by atoms with Crippen LogP contribution in [-0.4, -0.2) is 35.1 Å². The quantitative estimate of drug-likeness (QED) is 0.868. The van der Waals surface area contributed by atoms with Crippen LogP contribution in [0.25, 0.3) is 0 Å². The fourth-order valence-electron chi connectivity index (χ4n) is 1.48. The van der Waals surface area contributed by atoms with Crippen molar-refractivity contribution in [3.63, 3.8) is 0 Å². The molecule has 1 amide bonds. The number of carbonyl (C=O) groups excluding carboxylic acids is 1. The van der Waals surface area contributed by atoms with Crippen LogP contribution in [-0.2, 0) is 6.54 Å². The molecule has 2 rings (SSSR count). The van der Waals surface area contributed by atoms with Gasteiger partial charge in [0.2, 0.25) is 5.82 Å². The molecule has 7 heteroatoms. The van der Waals surface area contributed by atoms with Gasteiger partial charge in [-0.2, -0.15) is 9.97 Å². The first-order valence-electron chi connectivity index (χ1n) is 5.89. The maximum Gasteiger partial charge on any atom is 0.323 e. The molecule has 0 saturated carbocycles. The number of hydrogen-bond donors (Lipinski definition) is 1. The highest BCUT2D eigenvalue weighted by Gasteiger charge is 2.14. The zero-order valence-corrected chi connectivity index (χ0v) is 11.2. The van der Waals surface area contributed by atoms with Crippen LogP contribution in [0.4, 0.5) is 0 Å². The normalized spacial score (nSPS) is 9.90. The number of benzene rings is 1. The summed E-state index contributed by atoms with van der Waals surface area (Å²) in [6.45, 7) is 0.385. The van der Waals surface area contributed by atoms with Crippen molar-refractivity contribution in [1.29, 1.82) is 0 Å². The number of amides is 1. The van der Waals surface area contributed by atoms with Crippen LogP contribution in [0.1, 0.15) is 16.2 Å². The zero-order valence-electron chi connectivity index (χ0n) is 11.2. The van der Waals surface area contributed by atoms with Crippen molar-refractivity contribution in [3.8, 4) is 12.0 Å². The second-order valence-corrected chi connectivity index (χ2v) is 3.80. The Morgan fingerprint density at radius 2 is 1.65 bits per heavy atom. The minimum atomic E-state index is -0.423. The minimum Gasteiger partial charge on any atom is -0.467 e. The van der Waals surface area contributed by atoms with E-state index in [2.05, 4.69) is 20.3 Å². The molecular weight excluding hydrogens is 260 g/mol. The summed E-state index contributed by atoms with van der Waals surface area (Å²) in [4.78, 5) is 23.6. The van der Waals surface area contributed by atoms with Gasteiger partial charge in [-0.1, -0.05) is 30.3 Å². The Bertz CT molecular complexity index is 567. The summed E-state index contributed by atoms with van der Waals surface area (Å²) < 4.78 is 9.78. The van der Waals surface area contributed by atoms with Crippen molar-refractivity contribution in [2.75, 3.05) is 14.2 Å². The molecule has 20 heavy (non-hydrogen) atoms.